The highest BCUT2D eigenvalue weighted by molar-refractivity contribution is 5.95. The molecule has 0 aliphatic carbocycles. The van der Waals surface area contributed by atoms with Crippen molar-refractivity contribution in [3.05, 3.63) is 84.3 Å². The van der Waals surface area contributed by atoms with E-state index >= 15 is 0 Å². The topological polar surface area (TPSA) is 76.5 Å². The van der Waals surface area contributed by atoms with Gasteiger partial charge in [0.25, 0.3) is 5.91 Å². The molecule has 1 aliphatic rings. The number of hydrogen-bond acceptors (Lipinski definition) is 5. The molecular formula is C26H23N5O2. The van der Waals surface area contributed by atoms with Crippen LogP contribution in [0.5, 0.6) is 0 Å². The number of fused-ring (bicyclic) bond motifs is 2. The molecule has 1 saturated heterocycles. The van der Waals surface area contributed by atoms with Gasteiger partial charge in [0.15, 0.2) is 5.65 Å². The quantitative estimate of drug-likeness (QED) is 0.403. The van der Waals surface area contributed by atoms with Crippen LogP contribution < -0.4 is 0 Å². The van der Waals surface area contributed by atoms with Gasteiger partial charge in [-0.2, -0.15) is 0 Å². The van der Waals surface area contributed by atoms with Crippen LogP contribution in [0.15, 0.2) is 71.7 Å². The van der Waals surface area contributed by atoms with Gasteiger partial charge in [0, 0.05) is 42.2 Å². The molecular weight excluding hydrogens is 414 g/mol. The molecule has 0 atom stereocenters. The van der Waals surface area contributed by atoms with Gasteiger partial charge in [-0.1, -0.05) is 24.3 Å². The fourth-order valence-electron chi connectivity index (χ4n) is 4.67. The van der Waals surface area contributed by atoms with Crippen LogP contribution in [-0.4, -0.2) is 43.5 Å². The zero-order valence-electron chi connectivity index (χ0n) is 18.1. The molecule has 7 heteroatoms. The standard InChI is InChI=1S/C26H23N5O2/c32-26(30-13-1-2-14-30)20-8-6-19(7-9-20)22-16-27-24(31-17-28-29-25(22)31)11-10-18-4-3-5-23-21(18)12-15-33-23/h3-9,12,15-17H,1-2,10-11,13-14H2. The van der Waals surface area contributed by atoms with Crippen molar-refractivity contribution >= 4 is 22.5 Å². The van der Waals surface area contributed by atoms with Gasteiger partial charge in [-0.15, -0.1) is 10.2 Å². The van der Waals surface area contributed by atoms with Crippen LogP contribution in [0, 0.1) is 0 Å². The number of nitrogens with zero attached hydrogens (tertiary/aromatic N) is 5. The van der Waals surface area contributed by atoms with E-state index in [2.05, 4.69) is 16.3 Å². The van der Waals surface area contributed by atoms with E-state index in [1.165, 1.54) is 5.56 Å². The van der Waals surface area contributed by atoms with Crippen molar-refractivity contribution in [1.29, 1.82) is 0 Å². The fraction of sp³-hybridized carbons (Fsp3) is 0.231. The summed E-state index contributed by atoms with van der Waals surface area (Å²) in [5.41, 5.74) is 5.47. The Kier molecular flexibility index (Phi) is 4.87. The van der Waals surface area contributed by atoms with Crippen molar-refractivity contribution in [2.24, 2.45) is 0 Å². The normalized spacial score (nSPS) is 13.9. The minimum atomic E-state index is 0.104. The number of benzene rings is 2. The Bertz CT molecular complexity index is 1440. The molecule has 1 aliphatic heterocycles. The van der Waals surface area contributed by atoms with Gasteiger partial charge < -0.3 is 9.32 Å². The molecule has 4 heterocycles. The number of rotatable bonds is 5. The largest absolute Gasteiger partial charge is 0.464 e. The third-order valence-electron chi connectivity index (χ3n) is 6.45. The molecule has 0 saturated carbocycles. The van der Waals surface area contributed by atoms with Gasteiger partial charge in [-0.05, 0) is 54.7 Å². The molecule has 7 nitrogen and oxygen atoms in total. The minimum Gasteiger partial charge on any atom is -0.464 e. The second-order valence-electron chi connectivity index (χ2n) is 8.44. The highest BCUT2D eigenvalue weighted by atomic mass is 16.3. The second-order valence-corrected chi connectivity index (χ2v) is 8.44. The summed E-state index contributed by atoms with van der Waals surface area (Å²) in [5, 5.41) is 9.63. The van der Waals surface area contributed by atoms with Gasteiger partial charge in [-0.25, -0.2) is 4.98 Å². The third kappa shape index (κ3) is 3.55. The van der Waals surface area contributed by atoms with E-state index < -0.39 is 0 Å². The van der Waals surface area contributed by atoms with Crippen molar-refractivity contribution in [3.8, 4) is 11.1 Å². The Labute approximate surface area is 190 Å². The van der Waals surface area contributed by atoms with Gasteiger partial charge >= 0.3 is 0 Å². The van der Waals surface area contributed by atoms with Gasteiger partial charge in [0.2, 0.25) is 0 Å². The predicted molar refractivity (Wildman–Crippen MR) is 125 cm³/mol. The first-order valence-electron chi connectivity index (χ1n) is 11.3. The lowest BCUT2D eigenvalue weighted by Gasteiger charge is -2.15. The number of likely N-dealkylation sites (tertiary alicyclic amines) is 1. The molecule has 6 rings (SSSR count). The molecule has 33 heavy (non-hydrogen) atoms. The Morgan fingerprint density at radius 2 is 1.85 bits per heavy atom. The van der Waals surface area contributed by atoms with E-state index in [0.29, 0.717) is 0 Å². The van der Waals surface area contributed by atoms with Crippen molar-refractivity contribution in [3.63, 3.8) is 0 Å². The molecule has 3 aromatic heterocycles. The molecule has 1 amide bonds. The number of furan rings is 1. The fourth-order valence-corrected chi connectivity index (χ4v) is 4.67. The van der Waals surface area contributed by atoms with E-state index in [-0.39, 0.29) is 5.91 Å². The average molecular weight is 438 g/mol. The van der Waals surface area contributed by atoms with Crippen LogP contribution in [0.1, 0.15) is 34.6 Å². The summed E-state index contributed by atoms with van der Waals surface area (Å²) in [6, 6.07) is 15.8. The van der Waals surface area contributed by atoms with E-state index in [1.54, 1.807) is 12.6 Å². The molecule has 0 N–H and O–H groups in total. The Morgan fingerprint density at radius 3 is 2.70 bits per heavy atom. The lowest BCUT2D eigenvalue weighted by Crippen LogP contribution is -2.27. The second kappa shape index (κ2) is 8.16. The van der Waals surface area contributed by atoms with Crippen LogP contribution in [0.3, 0.4) is 0 Å². The summed E-state index contributed by atoms with van der Waals surface area (Å²) in [6.45, 7) is 1.70. The first-order valence-corrected chi connectivity index (χ1v) is 11.3. The molecule has 0 bridgehead atoms. The Balaban J connectivity index is 1.26. The minimum absolute atomic E-state index is 0.104. The third-order valence-corrected chi connectivity index (χ3v) is 6.45. The first kappa shape index (κ1) is 19.7. The molecule has 1 fully saturated rings. The molecule has 164 valence electrons. The van der Waals surface area contributed by atoms with E-state index in [4.69, 9.17) is 9.40 Å². The molecule has 2 aromatic carbocycles. The number of aryl methyl sites for hydroxylation is 2. The monoisotopic (exact) mass is 437 g/mol. The summed E-state index contributed by atoms with van der Waals surface area (Å²) in [7, 11) is 0. The zero-order valence-corrected chi connectivity index (χ0v) is 18.1. The van der Waals surface area contributed by atoms with Crippen LogP contribution in [0.2, 0.25) is 0 Å². The maximum atomic E-state index is 12.6. The maximum Gasteiger partial charge on any atom is 0.253 e. The lowest BCUT2D eigenvalue weighted by molar-refractivity contribution is 0.0793. The molecule has 0 spiro atoms. The van der Waals surface area contributed by atoms with E-state index in [1.807, 2.05) is 58.0 Å². The van der Waals surface area contributed by atoms with Crippen LogP contribution >= 0.6 is 0 Å². The Hall–Kier alpha value is -4.00. The number of aromatic nitrogens is 4. The number of carbonyl (C=O) groups excluding carboxylic acids is 1. The van der Waals surface area contributed by atoms with Gasteiger partial charge in [0.1, 0.15) is 17.7 Å². The zero-order chi connectivity index (χ0) is 22.2. The highest BCUT2D eigenvalue weighted by Crippen LogP contribution is 2.26. The van der Waals surface area contributed by atoms with E-state index in [0.717, 1.165) is 77.9 Å². The highest BCUT2D eigenvalue weighted by Gasteiger charge is 2.19. The lowest BCUT2D eigenvalue weighted by atomic mass is 10.0. The maximum absolute atomic E-state index is 12.6. The van der Waals surface area contributed by atoms with Crippen molar-refractivity contribution in [1.82, 2.24) is 24.5 Å². The summed E-state index contributed by atoms with van der Waals surface area (Å²) in [5.74, 6) is 1.01. The van der Waals surface area contributed by atoms with Crippen LogP contribution in [0.4, 0.5) is 0 Å². The first-order chi connectivity index (χ1) is 16.3. The van der Waals surface area contributed by atoms with Crippen molar-refractivity contribution in [2.75, 3.05) is 13.1 Å². The van der Waals surface area contributed by atoms with Crippen LogP contribution in [0.25, 0.3) is 27.7 Å². The van der Waals surface area contributed by atoms with Gasteiger partial charge in [0.05, 0.1) is 6.26 Å². The number of hydrogen-bond donors (Lipinski definition) is 0. The number of amides is 1. The predicted octanol–water partition coefficient (Wildman–Crippen LogP) is 4.56. The SMILES string of the molecule is O=C(c1ccc(-c2cnc(CCc3cccc4occc34)n3cnnc23)cc1)N1CCCC1. The summed E-state index contributed by atoms with van der Waals surface area (Å²) < 4.78 is 7.47. The molecule has 0 radical (unpaired) electrons. The smallest absolute Gasteiger partial charge is 0.253 e. The Morgan fingerprint density at radius 1 is 1.00 bits per heavy atom. The summed E-state index contributed by atoms with van der Waals surface area (Å²) in [4.78, 5) is 19.3. The molecule has 5 aromatic rings. The number of carbonyl (C=O) groups is 1. The summed E-state index contributed by atoms with van der Waals surface area (Å²) in [6.07, 6.45) is 9.06. The van der Waals surface area contributed by atoms with Gasteiger partial charge in [-0.3, -0.25) is 9.20 Å². The average Bonchev–Trinajstić information content (AvgIpc) is 3.63. The summed E-state index contributed by atoms with van der Waals surface area (Å²) >= 11 is 0. The van der Waals surface area contributed by atoms with E-state index in [9.17, 15) is 4.79 Å². The molecule has 0 unspecified atom stereocenters. The van der Waals surface area contributed by atoms with Crippen molar-refractivity contribution < 1.29 is 9.21 Å². The van der Waals surface area contributed by atoms with Crippen molar-refractivity contribution in [2.45, 2.75) is 25.7 Å². The van der Waals surface area contributed by atoms with Crippen LogP contribution in [-0.2, 0) is 12.8 Å².